The van der Waals surface area contributed by atoms with Gasteiger partial charge in [-0.05, 0) is 24.6 Å². The molecule has 2 N–H and O–H groups in total. The van der Waals surface area contributed by atoms with Crippen LogP contribution in [0.15, 0.2) is 59.9 Å². The number of aliphatic imine (C=N–C) groups is 1. The first-order valence-corrected chi connectivity index (χ1v) is 8.76. The summed E-state index contributed by atoms with van der Waals surface area (Å²) in [5.74, 6) is 3.20. The van der Waals surface area contributed by atoms with Crippen molar-refractivity contribution < 1.29 is 4.74 Å². The van der Waals surface area contributed by atoms with Crippen molar-refractivity contribution in [3.05, 3.63) is 71.8 Å². The summed E-state index contributed by atoms with van der Waals surface area (Å²) in [7, 11) is 3.60. The fraction of sp³-hybridized carbons (Fsp3) is 0.250. The number of ether oxygens (including phenoxy) is 1. The first-order chi connectivity index (χ1) is 13.2. The van der Waals surface area contributed by atoms with Gasteiger partial charge in [0.15, 0.2) is 5.96 Å². The zero-order valence-electron chi connectivity index (χ0n) is 16.2. The average Bonchev–Trinajstić information content (AvgIpc) is 3.10. The average molecular weight is 492 g/mol. The standard InChI is InChI=1S/C20H24N6O.HI/c1-15-8-4-6-10-17(15)27-18-11-7-5-9-16(18)12-22-20(21-2)23-13-19-24-14-25-26(19)3;/h4-11,14H,12-13H2,1-3H3,(H2,21,22,23);1H. The second-order valence-electron chi connectivity index (χ2n) is 6.05. The van der Waals surface area contributed by atoms with Gasteiger partial charge in [0.25, 0.3) is 0 Å². The number of benzene rings is 2. The Labute approximate surface area is 182 Å². The Bertz CT molecular complexity index is 924. The van der Waals surface area contributed by atoms with Crippen LogP contribution >= 0.6 is 24.0 Å². The number of para-hydroxylation sites is 2. The Balaban J connectivity index is 0.00000280. The van der Waals surface area contributed by atoms with Crippen LogP contribution in [-0.2, 0) is 20.1 Å². The first-order valence-electron chi connectivity index (χ1n) is 8.76. The number of nitrogens with one attached hydrogen (secondary N) is 2. The Morgan fingerprint density at radius 1 is 1.04 bits per heavy atom. The number of hydrogen-bond donors (Lipinski definition) is 2. The molecule has 0 saturated carbocycles. The van der Waals surface area contributed by atoms with E-state index in [1.54, 1.807) is 11.7 Å². The molecule has 0 aliphatic heterocycles. The molecule has 3 rings (SSSR count). The van der Waals surface area contributed by atoms with Gasteiger partial charge < -0.3 is 15.4 Å². The molecule has 0 fully saturated rings. The van der Waals surface area contributed by atoms with E-state index in [2.05, 4.69) is 25.7 Å². The Morgan fingerprint density at radius 2 is 1.71 bits per heavy atom. The zero-order chi connectivity index (χ0) is 19.1. The highest BCUT2D eigenvalue weighted by atomic mass is 127. The van der Waals surface area contributed by atoms with Crippen LogP contribution in [0.4, 0.5) is 0 Å². The third-order valence-corrected chi connectivity index (χ3v) is 4.18. The third-order valence-electron chi connectivity index (χ3n) is 4.18. The summed E-state index contributed by atoms with van der Waals surface area (Å²) in [6.45, 7) is 3.16. The molecule has 0 bridgehead atoms. The Kier molecular flexibility index (Phi) is 8.24. The molecule has 0 unspecified atom stereocenters. The number of guanidine groups is 1. The molecule has 8 heteroatoms. The van der Waals surface area contributed by atoms with Crippen molar-refractivity contribution >= 4 is 29.9 Å². The third kappa shape index (κ3) is 5.69. The number of rotatable bonds is 6. The summed E-state index contributed by atoms with van der Waals surface area (Å²) < 4.78 is 7.85. The van der Waals surface area contributed by atoms with Crippen molar-refractivity contribution in [2.24, 2.45) is 12.0 Å². The number of halogens is 1. The molecule has 0 aliphatic rings. The maximum absolute atomic E-state index is 6.12. The van der Waals surface area contributed by atoms with Crippen LogP contribution in [0.2, 0.25) is 0 Å². The molecule has 0 saturated heterocycles. The van der Waals surface area contributed by atoms with E-state index in [0.717, 1.165) is 28.5 Å². The van der Waals surface area contributed by atoms with Crippen LogP contribution in [0.1, 0.15) is 17.0 Å². The van der Waals surface area contributed by atoms with E-state index in [-0.39, 0.29) is 24.0 Å². The summed E-state index contributed by atoms with van der Waals surface area (Å²) in [4.78, 5) is 8.45. The molecule has 7 nitrogen and oxygen atoms in total. The lowest BCUT2D eigenvalue weighted by atomic mass is 10.2. The van der Waals surface area contributed by atoms with Gasteiger partial charge in [-0.25, -0.2) is 4.98 Å². The van der Waals surface area contributed by atoms with Crippen LogP contribution in [0.25, 0.3) is 0 Å². The highest BCUT2D eigenvalue weighted by Crippen LogP contribution is 2.27. The maximum Gasteiger partial charge on any atom is 0.191 e. The van der Waals surface area contributed by atoms with E-state index < -0.39 is 0 Å². The Hall–Kier alpha value is -2.62. The SMILES string of the molecule is CN=C(NCc1ccccc1Oc1ccccc1C)NCc1ncnn1C.I. The van der Waals surface area contributed by atoms with E-state index in [1.165, 1.54) is 6.33 Å². The van der Waals surface area contributed by atoms with Gasteiger partial charge in [-0.15, -0.1) is 24.0 Å². The van der Waals surface area contributed by atoms with Crippen LogP contribution in [0.3, 0.4) is 0 Å². The van der Waals surface area contributed by atoms with E-state index in [4.69, 9.17) is 4.74 Å². The van der Waals surface area contributed by atoms with E-state index in [0.29, 0.717) is 19.0 Å². The molecule has 28 heavy (non-hydrogen) atoms. The normalized spacial score (nSPS) is 10.9. The highest BCUT2D eigenvalue weighted by molar-refractivity contribution is 14.0. The number of hydrogen-bond acceptors (Lipinski definition) is 4. The smallest absolute Gasteiger partial charge is 0.191 e. The van der Waals surface area contributed by atoms with E-state index in [1.807, 2.05) is 62.5 Å². The highest BCUT2D eigenvalue weighted by Gasteiger charge is 2.08. The van der Waals surface area contributed by atoms with Crippen LogP contribution in [0.5, 0.6) is 11.5 Å². The van der Waals surface area contributed by atoms with Crippen molar-refractivity contribution in [3.8, 4) is 11.5 Å². The second-order valence-corrected chi connectivity index (χ2v) is 6.05. The lowest BCUT2D eigenvalue weighted by Crippen LogP contribution is -2.37. The quantitative estimate of drug-likeness (QED) is 0.314. The van der Waals surface area contributed by atoms with Crippen LogP contribution in [0, 0.1) is 6.92 Å². The summed E-state index contributed by atoms with van der Waals surface area (Å²) in [5, 5.41) is 10.6. The van der Waals surface area contributed by atoms with E-state index >= 15 is 0 Å². The minimum Gasteiger partial charge on any atom is -0.457 e. The summed E-state index contributed by atoms with van der Waals surface area (Å²) in [5.41, 5.74) is 2.14. The van der Waals surface area contributed by atoms with E-state index in [9.17, 15) is 0 Å². The zero-order valence-corrected chi connectivity index (χ0v) is 18.5. The predicted octanol–water partition coefficient (Wildman–Crippen LogP) is 3.40. The minimum absolute atomic E-state index is 0. The van der Waals surface area contributed by atoms with Gasteiger partial charge in [-0.2, -0.15) is 5.10 Å². The number of aryl methyl sites for hydroxylation is 2. The lowest BCUT2D eigenvalue weighted by Gasteiger charge is -2.15. The first kappa shape index (κ1) is 21.7. The van der Waals surface area contributed by atoms with Crippen molar-refractivity contribution in [2.45, 2.75) is 20.0 Å². The van der Waals surface area contributed by atoms with Crippen LogP contribution < -0.4 is 15.4 Å². The fourth-order valence-electron chi connectivity index (χ4n) is 2.58. The van der Waals surface area contributed by atoms with Crippen molar-refractivity contribution in [2.75, 3.05) is 7.05 Å². The molecule has 1 heterocycles. The van der Waals surface area contributed by atoms with Gasteiger partial charge in [0.2, 0.25) is 0 Å². The van der Waals surface area contributed by atoms with Gasteiger partial charge in [0, 0.05) is 26.2 Å². The van der Waals surface area contributed by atoms with Crippen molar-refractivity contribution in [3.63, 3.8) is 0 Å². The molecule has 3 aromatic rings. The summed E-state index contributed by atoms with van der Waals surface area (Å²) in [6.07, 6.45) is 1.53. The second kappa shape index (κ2) is 10.6. The maximum atomic E-state index is 6.12. The molecule has 0 aliphatic carbocycles. The lowest BCUT2D eigenvalue weighted by molar-refractivity contribution is 0.471. The molecule has 148 valence electrons. The molecular formula is C20H25IN6O. The minimum atomic E-state index is 0. The van der Waals surface area contributed by atoms with Gasteiger partial charge in [-0.1, -0.05) is 36.4 Å². The molecular weight excluding hydrogens is 467 g/mol. The Morgan fingerprint density at radius 3 is 2.39 bits per heavy atom. The number of aromatic nitrogens is 3. The molecule has 0 spiro atoms. The summed E-state index contributed by atoms with van der Waals surface area (Å²) in [6, 6.07) is 16.0. The molecule has 2 aromatic carbocycles. The van der Waals surface area contributed by atoms with Gasteiger partial charge >= 0.3 is 0 Å². The molecule has 1 aromatic heterocycles. The van der Waals surface area contributed by atoms with Crippen LogP contribution in [-0.4, -0.2) is 27.8 Å². The predicted molar refractivity (Wildman–Crippen MR) is 121 cm³/mol. The largest absolute Gasteiger partial charge is 0.457 e. The monoisotopic (exact) mass is 492 g/mol. The molecule has 0 amide bonds. The fourth-order valence-corrected chi connectivity index (χ4v) is 2.58. The molecule has 0 atom stereocenters. The topological polar surface area (TPSA) is 76.4 Å². The van der Waals surface area contributed by atoms with Crippen molar-refractivity contribution in [1.82, 2.24) is 25.4 Å². The summed E-state index contributed by atoms with van der Waals surface area (Å²) >= 11 is 0. The van der Waals surface area contributed by atoms with Crippen molar-refractivity contribution in [1.29, 1.82) is 0 Å². The van der Waals surface area contributed by atoms with Gasteiger partial charge in [-0.3, -0.25) is 9.67 Å². The molecule has 0 radical (unpaired) electrons. The number of nitrogens with zero attached hydrogens (tertiary/aromatic N) is 4. The van der Waals surface area contributed by atoms with Gasteiger partial charge in [0.1, 0.15) is 23.7 Å². The van der Waals surface area contributed by atoms with Gasteiger partial charge in [0.05, 0.1) is 6.54 Å².